The maximum absolute atomic E-state index is 14.0. The number of fused-ring (bicyclic) bond motifs is 1. The smallest absolute Gasteiger partial charge is 0.320 e. The van der Waals surface area contributed by atoms with Gasteiger partial charge in [-0.05, 0) is 51.1 Å². The van der Waals surface area contributed by atoms with E-state index in [4.69, 9.17) is 4.74 Å². The number of aliphatic hydroxyl groups excluding tert-OH is 1. The van der Waals surface area contributed by atoms with Crippen LogP contribution in [0.25, 0.3) is 0 Å². The van der Waals surface area contributed by atoms with Crippen molar-refractivity contribution in [3.63, 3.8) is 0 Å². The summed E-state index contributed by atoms with van der Waals surface area (Å²) in [4.78, 5) is 41.9. The molecule has 2 atom stereocenters. The average Bonchev–Trinajstić information content (AvgIpc) is 3.09. The van der Waals surface area contributed by atoms with E-state index in [1.165, 1.54) is 4.90 Å². The minimum absolute atomic E-state index is 0.160. The molecule has 0 saturated carbocycles. The molecule has 4 N–H and O–H groups in total. The van der Waals surface area contributed by atoms with Crippen LogP contribution in [0.5, 0.6) is 0 Å². The van der Waals surface area contributed by atoms with Crippen molar-refractivity contribution in [2.75, 3.05) is 28.7 Å². The Bertz CT molecular complexity index is 1250. The molecule has 0 fully saturated rings. The number of benzene rings is 3. The molecule has 3 aromatic rings. The van der Waals surface area contributed by atoms with Crippen LogP contribution in [0.2, 0.25) is 0 Å². The van der Waals surface area contributed by atoms with Crippen molar-refractivity contribution in [2.24, 2.45) is 0 Å². The van der Waals surface area contributed by atoms with Gasteiger partial charge in [-0.1, -0.05) is 53.6 Å². The van der Waals surface area contributed by atoms with E-state index in [-0.39, 0.29) is 19.6 Å². The number of nitrogens with one attached hydrogen (secondary N) is 3. The van der Waals surface area contributed by atoms with Gasteiger partial charge in [0.25, 0.3) is 5.91 Å². The van der Waals surface area contributed by atoms with Crippen molar-refractivity contribution in [3.8, 4) is 0 Å². The Hall–Kier alpha value is -4.21. The van der Waals surface area contributed by atoms with Crippen molar-refractivity contribution < 1.29 is 24.2 Å². The SMILES string of the molecule is CCO[C@H](O)CN1C(=O)[C@](CC(=O)Nc2ccc(C)cc2)(NC(=O)Nc2ccc(C)cc2)c2ccccc21. The molecule has 9 heteroatoms. The van der Waals surface area contributed by atoms with Gasteiger partial charge in [0.1, 0.15) is 0 Å². The maximum atomic E-state index is 14.0. The van der Waals surface area contributed by atoms with E-state index in [1.54, 1.807) is 55.5 Å². The van der Waals surface area contributed by atoms with Gasteiger partial charge in [-0.3, -0.25) is 9.59 Å². The van der Waals surface area contributed by atoms with Crippen molar-refractivity contribution in [3.05, 3.63) is 89.5 Å². The van der Waals surface area contributed by atoms with E-state index in [1.807, 2.05) is 38.1 Å². The Balaban J connectivity index is 1.68. The second kappa shape index (κ2) is 11.5. The lowest BCUT2D eigenvalue weighted by Gasteiger charge is -2.30. The number of aryl methyl sites for hydroxylation is 2. The molecule has 198 valence electrons. The van der Waals surface area contributed by atoms with Gasteiger partial charge in [0.2, 0.25) is 5.91 Å². The van der Waals surface area contributed by atoms with E-state index >= 15 is 0 Å². The highest BCUT2D eigenvalue weighted by Crippen LogP contribution is 2.43. The standard InChI is InChI=1S/C29H32N4O5/c1-4-38-26(35)18-33-24-8-6-5-7-23(24)29(27(33)36,17-25(34)30-21-13-9-19(2)10-14-21)32-28(37)31-22-15-11-20(3)12-16-22/h5-16,26,35H,4,17-18H2,1-3H3,(H,30,34)(H2,31,32,37)/t26-,29+/m0/s1. The first-order valence-electron chi connectivity index (χ1n) is 12.5. The fourth-order valence-corrected chi connectivity index (χ4v) is 4.52. The van der Waals surface area contributed by atoms with Crippen molar-refractivity contribution in [1.82, 2.24) is 5.32 Å². The Labute approximate surface area is 221 Å². The number of hydrogen-bond acceptors (Lipinski definition) is 5. The number of anilines is 3. The van der Waals surface area contributed by atoms with Gasteiger partial charge >= 0.3 is 6.03 Å². The van der Waals surface area contributed by atoms with Crippen LogP contribution in [0.1, 0.15) is 30.0 Å². The number of hydrogen-bond donors (Lipinski definition) is 4. The van der Waals surface area contributed by atoms with Crippen LogP contribution in [0.15, 0.2) is 72.8 Å². The second-order valence-electron chi connectivity index (χ2n) is 9.28. The molecule has 0 radical (unpaired) electrons. The number of ether oxygens (including phenoxy) is 1. The van der Waals surface area contributed by atoms with E-state index in [2.05, 4.69) is 16.0 Å². The highest BCUT2D eigenvalue weighted by molar-refractivity contribution is 6.12. The first kappa shape index (κ1) is 26.8. The molecule has 4 amide bonds. The highest BCUT2D eigenvalue weighted by atomic mass is 16.6. The zero-order chi connectivity index (χ0) is 27.3. The Morgan fingerprint density at radius 2 is 1.50 bits per heavy atom. The summed E-state index contributed by atoms with van der Waals surface area (Å²) in [5.74, 6) is -1.00. The molecule has 1 aliphatic heterocycles. The zero-order valence-corrected chi connectivity index (χ0v) is 21.7. The lowest BCUT2D eigenvalue weighted by atomic mass is 9.87. The molecule has 4 rings (SSSR count). The van der Waals surface area contributed by atoms with Gasteiger partial charge in [-0.15, -0.1) is 0 Å². The van der Waals surface area contributed by atoms with Crippen molar-refractivity contribution in [1.29, 1.82) is 0 Å². The first-order valence-corrected chi connectivity index (χ1v) is 12.5. The van der Waals surface area contributed by atoms with Crippen LogP contribution in [-0.2, 0) is 19.9 Å². The van der Waals surface area contributed by atoms with Gasteiger partial charge < -0.3 is 30.7 Å². The molecule has 3 aromatic carbocycles. The average molecular weight is 517 g/mol. The number of carbonyl (C=O) groups excluding carboxylic acids is 3. The third-order valence-electron chi connectivity index (χ3n) is 6.36. The molecule has 0 unspecified atom stereocenters. The number of amides is 4. The number of rotatable bonds is 9. The summed E-state index contributed by atoms with van der Waals surface area (Å²) < 4.78 is 5.26. The van der Waals surface area contributed by atoms with Crippen LogP contribution in [0.3, 0.4) is 0 Å². The summed E-state index contributed by atoms with van der Waals surface area (Å²) >= 11 is 0. The number of nitrogens with zero attached hydrogens (tertiary/aromatic N) is 1. The van der Waals surface area contributed by atoms with Gasteiger partial charge in [-0.25, -0.2) is 4.79 Å². The summed E-state index contributed by atoms with van der Waals surface area (Å²) in [5.41, 5.74) is 2.39. The summed E-state index contributed by atoms with van der Waals surface area (Å²) in [6.07, 6.45) is -1.60. The third-order valence-corrected chi connectivity index (χ3v) is 6.36. The number of β-amino-alcohol motifs (C(OH)–C–C–N with tert-alkyl or cyclic N) is 1. The van der Waals surface area contributed by atoms with E-state index < -0.39 is 29.7 Å². The second-order valence-corrected chi connectivity index (χ2v) is 9.28. The fourth-order valence-electron chi connectivity index (χ4n) is 4.52. The van der Waals surface area contributed by atoms with E-state index in [0.29, 0.717) is 22.6 Å². The molecule has 0 spiro atoms. The minimum atomic E-state index is -1.72. The summed E-state index contributed by atoms with van der Waals surface area (Å²) in [7, 11) is 0. The summed E-state index contributed by atoms with van der Waals surface area (Å²) in [5, 5.41) is 18.7. The Morgan fingerprint density at radius 3 is 2.11 bits per heavy atom. The maximum Gasteiger partial charge on any atom is 0.320 e. The molecule has 1 heterocycles. The van der Waals surface area contributed by atoms with Crippen LogP contribution < -0.4 is 20.9 Å². The predicted molar refractivity (Wildman–Crippen MR) is 146 cm³/mol. The topological polar surface area (TPSA) is 120 Å². The lowest BCUT2D eigenvalue weighted by Crippen LogP contribution is -2.56. The number of para-hydroxylation sites is 1. The van der Waals surface area contributed by atoms with Crippen molar-refractivity contribution in [2.45, 2.75) is 39.0 Å². The molecular weight excluding hydrogens is 484 g/mol. The van der Waals surface area contributed by atoms with Crippen LogP contribution in [0.4, 0.5) is 21.9 Å². The van der Waals surface area contributed by atoms with Gasteiger partial charge in [0.15, 0.2) is 11.8 Å². The molecule has 0 saturated heterocycles. The normalized spacial score (nSPS) is 17.1. The Kier molecular flexibility index (Phi) is 8.09. The van der Waals surface area contributed by atoms with Crippen molar-refractivity contribution >= 4 is 34.9 Å². The van der Waals surface area contributed by atoms with Crippen LogP contribution in [0, 0.1) is 13.8 Å². The van der Waals surface area contributed by atoms with Gasteiger partial charge in [0.05, 0.1) is 18.7 Å². The first-order chi connectivity index (χ1) is 18.2. The predicted octanol–water partition coefficient (Wildman–Crippen LogP) is 4.05. The molecule has 0 aliphatic carbocycles. The summed E-state index contributed by atoms with van der Waals surface area (Å²) in [6, 6.07) is 20.7. The van der Waals surface area contributed by atoms with Gasteiger partial charge in [-0.2, -0.15) is 0 Å². The van der Waals surface area contributed by atoms with E-state index in [0.717, 1.165) is 11.1 Å². The van der Waals surface area contributed by atoms with E-state index in [9.17, 15) is 19.5 Å². The molecular formula is C29H32N4O5. The number of aliphatic hydroxyl groups is 1. The summed E-state index contributed by atoms with van der Waals surface area (Å²) in [6.45, 7) is 5.71. The molecule has 1 aliphatic rings. The van der Waals surface area contributed by atoms with Crippen LogP contribution >= 0.6 is 0 Å². The molecule has 0 bridgehead atoms. The monoisotopic (exact) mass is 516 g/mol. The lowest BCUT2D eigenvalue weighted by molar-refractivity contribution is -0.130. The number of urea groups is 1. The number of carbonyl (C=O) groups is 3. The Morgan fingerprint density at radius 1 is 0.921 bits per heavy atom. The zero-order valence-electron chi connectivity index (χ0n) is 21.7. The third kappa shape index (κ3) is 5.85. The molecule has 9 nitrogen and oxygen atoms in total. The molecule has 0 aromatic heterocycles. The minimum Gasteiger partial charge on any atom is -0.366 e. The van der Waals surface area contributed by atoms with Crippen LogP contribution in [-0.4, -0.2) is 42.4 Å². The van der Waals surface area contributed by atoms with Gasteiger partial charge in [0, 0.05) is 23.5 Å². The quantitative estimate of drug-likeness (QED) is 0.320. The highest BCUT2D eigenvalue weighted by Gasteiger charge is 2.53. The molecule has 38 heavy (non-hydrogen) atoms. The fraction of sp³-hybridized carbons (Fsp3) is 0.276. The largest absolute Gasteiger partial charge is 0.366 e.